The van der Waals surface area contributed by atoms with Crippen molar-refractivity contribution in [3.63, 3.8) is 0 Å². The molecule has 2 aliphatic heterocycles. The predicted molar refractivity (Wildman–Crippen MR) is 298 cm³/mol. The van der Waals surface area contributed by atoms with E-state index in [-0.39, 0.29) is 12.4 Å². The first-order valence-electron chi connectivity index (χ1n) is 23.1. The highest BCUT2D eigenvalue weighted by Crippen LogP contribution is 2.52. The first-order valence-corrected chi connectivity index (χ1v) is 26.3. The fraction of sp³-hybridized carbons (Fsp3) is 0.0656. The number of hydrogen-bond acceptors (Lipinski definition) is 8. The Labute approximate surface area is 444 Å². The summed E-state index contributed by atoms with van der Waals surface area (Å²) in [6.07, 6.45) is 0. The molecule has 2 aliphatic rings. The molecule has 0 saturated heterocycles. The van der Waals surface area contributed by atoms with Gasteiger partial charge in [0.2, 0.25) is 11.0 Å². The molecule has 11 heteroatoms. The molecule has 14 rings (SSSR count). The number of ether oxygens (including phenoxy) is 3. The molecule has 0 radical (unpaired) electrons. The van der Waals surface area contributed by atoms with Gasteiger partial charge in [0.05, 0.1) is 54.2 Å². The third-order valence-corrected chi connectivity index (χ3v) is 17.3. The van der Waals surface area contributed by atoms with E-state index >= 15 is 0 Å². The first kappa shape index (κ1) is 47.5. The lowest BCUT2D eigenvalue weighted by Crippen LogP contribution is -3.00. The van der Waals surface area contributed by atoms with E-state index in [2.05, 4.69) is 173 Å². The molecule has 72 heavy (non-hydrogen) atoms. The minimum Gasteiger partial charge on any atom is -1.00 e. The van der Waals surface area contributed by atoms with Crippen LogP contribution in [-0.4, -0.2) is 31.3 Å². The highest BCUT2D eigenvalue weighted by Gasteiger charge is 2.27. The monoisotopic (exact) mass is 1080 g/mol. The van der Waals surface area contributed by atoms with Gasteiger partial charge < -0.3 is 26.6 Å². The minimum absolute atomic E-state index is 0. The number of para-hydroxylation sites is 3. The van der Waals surface area contributed by atoms with Crippen molar-refractivity contribution < 1.29 is 31.2 Å². The fourth-order valence-corrected chi connectivity index (χ4v) is 13.9. The topological polar surface area (TPSA) is 57.4 Å². The molecule has 0 unspecified atom stereocenters. The third-order valence-electron chi connectivity index (χ3n) is 13.1. The number of nitrogens with zero attached hydrogens (tertiary/aromatic N) is 3. The molecule has 0 amide bonds. The van der Waals surface area contributed by atoms with E-state index in [1.165, 1.54) is 84.2 Å². The Kier molecular flexibility index (Phi) is 13.2. The average molecular weight is 1080 g/mol. The Hall–Kier alpha value is -6.79. The summed E-state index contributed by atoms with van der Waals surface area (Å²) in [6, 6.07) is 65.2. The van der Waals surface area contributed by atoms with Crippen LogP contribution in [0, 0.1) is 0 Å². The standard InChI is InChI=1S/C21H16NOS.C20H14BrNOS.C20H13NOS.ClH/c1-22-17-8-4-3-6-15(17)21-20-14(7-5-9-18(20)22)16-12-13(23-2)10-11-19(16)24-21;1-23-13-9-11-14(12-10-13)24-20-15-5-2-3-7-17(15)22-18-8-4-6-16(21)19(18)20;1-22-12-9-10-18-15(11-12)13-6-4-8-17-19(13)20(23-18)14-5-2-3-7-16(14)21-17;/h3-12H,1-2H3;2-12H,1H3;2-11H,1H3;1H/q+1;;;/p-1. The van der Waals surface area contributed by atoms with Gasteiger partial charge in [0.25, 0.3) is 0 Å². The number of halogens is 2. The maximum atomic E-state index is 5.44. The van der Waals surface area contributed by atoms with Crippen molar-refractivity contribution in [2.75, 3.05) is 21.3 Å². The molecular weight excluding hydrogens is 1030 g/mol. The van der Waals surface area contributed by atoms with E-state index in [1.807, 2.05) is 66.0 Å². The van der Waals surface area contributed by atoms with Gasteiger partial charge in [-0.3, -0.25) is 0 Å². The van der Waals surface area contributed by atoms with Crippen molar-refractivity contribution >= 4 is 117 Å². The maximum absolute atomic E-state index is 5.44. The molecule has 12 aromatic rings. The molecule has 5 heterocycles. The van der Waals surface area contributed by atoms with Crippen LogP contribution in [0.15, 0.2) is 222 Å². The van der Waals surface area contributed by atoms with Gasteiger partial charge in [-0.2, -0.15) is 4.57 Å². The second-order valence-corrected chi connectivity index (χ2v) is 21.1. The van der Waals surface area contributed by atoms with E-state index in [1.54, 1.807) is 33.1 Å². The number of aromatic nitrogens is 3. The number of rotatable bonds is 5. The normalized spacial score (nSPS) is 11.8. The van der Waals surface area contributed by atoms with Crippen LogP contribution in [0.4, 0.5) is 0 Å². The van der Waals surface area contributed by atoms with E-state index in [0.29, 0.717) is 0 Å². The Morgan fingerprint density at radius 3 is 1.58 bits per heavy atom. The van der Waals surface area contributed by atoms with Crippen molar-refractivity contribution in [2.24, 2.45) is 7.05 Å². The number of methoxy groups -OCH3 is 3. The van der Waals surface area contributed by atoms with Crippen LogP contribution in [0.2, 0.25) is 0 Å². The molecule has 0 bridgehead atoms. The molecule has 0 spiro atoms. The van der Waals surface area contributed by atoms with Gasteiger partial charge >= 0.3 is 0 Å². The van der Waals surface area contributed by atoms with Crippen molar-refractivity contribution in [1.29, 1.82) is 0 Å². The number of aryl methyl sites for hydroxylation is 1. The van der Waals surface area contributed by atoms with Gasteiger partial charge in [-0.25, -0.2) is 9.97 Å². The Morgan fingerprint density at radius 1 is 0.444 bits per heavy atom. The van der Waals surface area contributed by atoms with E-state index in [4.69, 9.17) is 24.2 Å². The van der Waals surface area contributed by atoms with Gasteiger partial charge in [0.1, 0.15) is 24.3 Å². The largest absolute Gasteiger partial charge is 1.00 e. The number of hydrogen-bond donors (Lipinski definition) is 0. The molecule has 0 N–H and O–H groups in total. The van der Waals surface area contributed by atoms with Crippen LogP contribution in [0.1, 0.15) is 0 Å². The Bertz CT molecular complexity index is 4100. The summed E-state index contributed by atoms with van der Waals surface area (Å²) >= 11 is 9.14. The zero-order chi connectivity index (χ0) is 48.2. The van der Waals surface area contributed by atoms with Crippen molar-refractivity contribution in [3.8, 4) is 39.5 Å². The van der Waals surface area contributed by atoms with Crippen LogP contribution in [-0.2, 0) is 7.05 Å². The van der Waals surface area contributed by atoms with Gasteiger partial charge in [-0.15, -0.1) is 0 Å². The van der Waals surface area contributed by atoms with Crippen molar-refractivity contribution in [1.82, 2.24) is 9.97 Å². The SMILES string of the molecule is COc1ccc(Sc2c3ccccc3nc3cccc(Br)c23)cc1.COc1ccc2c(c1)-c1cccc3c1c(c1ccccc1[n+]3C)S2.COc1ccc2c(c1)-c1cccc3nc4ccccc4c(c13)S2.[Cl-]. The maximum Gasteiger partial charge on any atom is 0.214 e. The molecule has 352 valence electrons. The van der Waals surface area contributed by atoms with E-state index < -0.39 is 0 Å². The van der Waals surface area contributed by atoms with Crippen LogP contribution in [0.25, 0.3) is 87.7 Å². The summed E-state index contributed by atoms with van der Waals surface area (Å²) in [6.45, 7) is 0. The molecule has 9 aromatic carbocycles. The smallest absolute Gasteiger partial charge is 0.214 e. The van der Waals surface area contributed by atoms with Crippen LogP contribution >= 0.6 is 51.2 Å². The first-order chi connectivity index (χ1) is 34.9. The molecule has 0 atom stereocenters. The molecule has 0 fully saturated rings. The van der Waals surface area contributed by atoms with E-state index in [9.17, 15) is 0 Å². The van der Waals surface area contributed by atoms with Crippen LogP contribution in [0.5, 0.6) is 17.2 Å². The predicted octanol–water partition coefficient (Wildman–Crippen LogP) is 13.8. The highest BCUT2D eigenvalue weighted by molar-refractivity contribution is 9.10. The zero-order valence-corrected chi connectivity index (χ0v) is 44.2. The Balaban J connectivity index is 0.000000116. The van der Waals surface area contributed by atoms with Gasteiger partial charge in [0.15, 0.2) is 0 Å². The molecule has 3 aromatic heterocycles. The summed E-state index contributed by atoms with van der Waals surface area (Å²) in [5, 5.41) is 7.43. The van der Waals surface area contributed by atoms with Crippen LogP contribution < -0.4 is 31.2 Å². The summed E-state index contributed by atoms with van der Waals surface area (Å²) in [5.41, 5.74) is 11.7. The average Bonchev–Trinajstić information content (AvgIpc) is 3.42. The number of fused-ring (bicyclic) bond motifs is 10. The molecule has 0 aliphatic carbocycles. The lowest BCUT2D eigenvalue weighted by molar-refractivity contribution is -0.617. The minimum atomic E-state index is 0. The van der Waals surface area contributed by atoms with Gasteiger partial charge in [-0.05, 0) is 114 Å². The van der Waals surface area contributed by atoms with Gasteiger partial charge in [-0.1, -0.05) is 130 Å². The van der Waals surface area contributed by atoms with Crippen LogP contribution in [0.3, 0.4) is 0 Å². The van der Waals surface area contributed by atoms with Crippen molar-refractivity contribution in [3.05, 3.63) is 193 Å². The van der Waals surface area contributed by atoms with E-state index in [0.717, 1.165) is 54.6 Å². The number of pyridine rings is 3. The second-order valence-electron chi connectivity index (χ2n) is 17.1. The molecular formula is C61H43BrClN3O3S3. The fourth-order valence-electron chi connectivity index (χ4n) is 9.66. The lowest BCUT2D eigenvalue weighted by atomic mass is 9.98. The summed E-state index contributed by atoms with van der Waals surface area (Å²) in [7, 11) is 7.27. The zero-order valence-electron chi connectivity index (χ0n) is 39.4. The second kappa shape index (κ2) is 20.0. The number of benzene rings is 9. The molecule has 0 saturated carbocycles. The molecule has 6 nitrogen and oxygen atoms in total. The van der Waals surface area contributed by atoms with Gasteiger partial charge in [0, 0.05) is 73.1 Å². The highest BCUT2D eigenvalue weighted by atomic mass is 79.9. The lowest BCUT2D eigenvalue weighted by Gasteiger charge is -2.21. The summed E-state index contributed by atoms with van der Waals surface area (Å²) < 4.78 is 19.5. The quantitative estimate of drug-likeness (QED) is 0.125. The van der Waals surface area contributed by atoms with Crippen molar-refractivity contribution in [2.45, 2.75) is 29.4 Å². The Morgan fingerprint density at radius 2 is 0.931 bits per heavy atom. The summed E-state index contributed by atoms with van der Waals surface area (Å²) in [4.78, 5) is 17.3. The summed E-state index contributed by atoms with van der Waals surface area (Å²) in [5.74, 6) is 2.66. The third kappa shape index (κ3) is 8.44.